The molecule has 6 nitrogen and oxygen atoms in total. The molecule has 0 atom stereocenters. The number of ketones is 1. The Kier molecular flexibility index (Phi) is 7.75. The molecule has 0 aromatic heterocycles. The van der Waals surface area contributed by atoms with Crippen LogP contribution in [-0.4, -0.2) is 35.9 Å². The molecule has 6 heteroatoms. The second kappa shape index (κ2) is 10.3. The summed E-state index contributed by atoms with van der Waals surface area (Å²) >= 11 is 0. The molecule has 0 fully saturated rings. The molecule has 0 saturated heterocycles. The van der Waals surface area contributed by atoms with Crippen molar-refractivity contribution in [2.45, 2.75) is 33.1 Å². The van der Waals surface area contributed by atoms with Gasteiger partial charge < -0.3 is 15.2 Å². The van der Waals surface area contributed by atoms with E-state index in [2.05, 4.69) is 5.32 Å². The number of aryl methyl sites for hydroxylation is 2. The van der Waals surface area contributed by atoms with Gasteiger partial charge in [-0.3, -0.25) is 9.59 Å². The van der Waals surface area contributed by atoms with Crippen molar-refractivity contribution in [3.05, 3.63) is 64.7 Å². The van der Waals surface area contributed by atoms with Gasteiger partial charge in [-0.25, -0.2) is 4.79 Å². The minimum atomic E-state index is -1.03. The molecular weight excluding hydrogens is 358 g/mol. The molecule has 148 valence electrons. The van der Waals surface area contributed by atoms with E-state index in [9.17, 15) is 14.4 Å². The molecule has 2 rings (SSSR count). The Hall–Kier alpha value is -3.15. The lowest BCUT2D eigenvalue weighted by Gasteiger charge is -2.08. The molecule has 2 aromatic carbocycles. The number of nitrogens with one attached hydrogen (secondary N) is 1. The molecule has 0 unspecified atom stereocenters. The molecule has 0 saturated carbocycles. The molecule has 1 amide bonds. The number of benzene rings is 2. The molecule has 0 spiro atoms. The minimum absolute atomic E-state index is 0.0201. The van der Waals surface area contributed by atoms with E-state index < -0.39 is 5.97 Å². The maximum atomic E-state index is 12.3. The van der Waals surface area contributed by atoms with Crippen LogP contribution >= 0.6 is 0 Å². The van der Waals surface area contributed by atoms with Gasteiger partial charge in [0, 0.05) is 24.9 Å². The summed E-state index contributed by atoms with van der Waals surface area (Å²) in [6.45, 7) is 3.92. The van der Waals surface area contributed by atoms with Crippen molar-refractivity contribution >= 4 is 17.7 Å². The van der Waals surface area contributed by atoms with Gasteiger partial charge in [0.2, 0.25) is 5.91 Å². The monoisotopic (exact) mass is 383 g/mol. The van der Waals surface area contributed by atoms with Crippen LogP contribution in [0.4, 0.5) is 0 Å². The highest BCUT2D eigenvalue weighted by Crippen LogP contribution is 2.14. The summed E-state index contributed by atoms with van der Waals surface area (Å²) in [5.41, 5.74) is 3.62. The number of ether oxygens (including phenoxy) is 1. The first-order valence-electron chi connectivity index (χ1n) is 9.16. The highest BCUT2D eigenvalue weighted by molar-refractivity contribution is 5.99. The van der Waals surface area contributed by atoms with E-state index in [0.29, 0.717) is 24.3 Å². The normalized spacial score (nSPS) is 10.4. The molecule has 0 radical (unpaired) electrons. The van der Waals surface area contributed by atoms with Crippen LogP contribution in [0.2, 0.25) is 0 Å². The molecular formula is C22H25NO5. The van der Waals surface area contributed by atoms with Crippen LogP contribution in [-0.2, 0) is 16.0 Å². The number of carboxylic acids is 1. The topological polar surface area (TPSA) is 92.7 Å². The van der Waals surface area contributed by atoms with Crippen LogP contribution in [0, 0.1) is 13.8 Å². The first-order chi connectivity index (χ1) is 13.3. The summed E-state index contributed by atoms with van der Waals surface area (Å²) < 4.78 is 5.07. The van der Waals surface area contributed by atoms with Crippen LogP contribution in [0.1, 0.15) is 39.9 Å². The van der Waals surface area contributed by atoms with Crippen LogP contribution in [0.15, 0.2) is 42.5 Å². The van der Waals surface area contributed by atoms with Crippen LogP contribution in [0.3, 0.4) is 0 Å². The molecule has 0 aliphatic rings. The lowest BCUT2D eigenvalue weighted by Crippen LogP contribution is -2.26. The maximum absolute atomic E-state index is 12.3. The second-order valence-corrected chi connectivity index (χ2v) is 6.67. The SMILES string of the molecule is Cc1ccc(C)c(C(=O)CCC(=O)NCCc2ccc(OCC(=O)O)cc2)c1. The van der Waals surface area contributed by atoms with Crippen molar-refractivity contribution in [1.82, 2.24) is 5.32 Å². The predicted octanol–water partition coefficient (Wildman–Crippen LogP) is 3.09. The van der Waals surface area contributed by atoms with Crippen molar-refractivity contribution in [1.29, 1.82) is 0 Å². The molecule has 0 bridgehead atoms. The standard InChI is InChI=1S/C22H25NO5/c1-15-3-4-16(2)19(13-15)20(24)9-10-21(25)23-12-11-17-5-7-18(8-6-17)28-14-22(26)27/h3-8,13H,9-12,14H2,1-2H3,(H,23,25)(H,26,27). The fourth-order valence-corrected chi connectivity index (χ4v) is 2.73. The zero-order chi connectivity index (χ0) is 20.5. The predicted molar refractivity (Wildman–Crippen MR) is 106 cm³/mol. The number of hydrogen-bond donors (Lipinski definition) is 2. The number of aliphatic carboxylic acids is 1. The van der Waals surface area contributed by atoms with Crippen molar-refractivity contribution in [3.63, 3.8) is 0 Å². The Bertz CT molecular complexity index is 843. The van der Waals surface area contributed by atoms with Gasteiger partial charge in [-0.1, -0.05) is 29.8 Å². The second-order valence-electron chi connectivity index (χ2n) is 6.67. The Balaban J connectivity index is 1.71. The minimum Gasteiger partial charge on any atom is -0.482 e. The highest BCUT2D eigenvalue weighted by Gasteiger charge is 2.11. The zero-order valence-electron chi connectivity index (χ0n) is 16.2. The average molecular weight is 383 g/mol. The fraction of sp³-hybridized carbons (Fsp3) is 0.318. The number of rotatable bonds is 10. The van der Waals surface area contributed by atoms with Gasteiger partial charge in [-0.05, 0) is 49.6 Å². The largest absolute Gasteiger partial charge is 0.482 e. The van der Waals surface area contributed by atoms with Crippen molar-refractivity contribution in [3.8, 4) is 5.75 Å². The smallest absolute Gasteiger partial charge is 0.341 e. The lowest BCUT2D eigenvalue weighted by atomic mass is 9.99. The molecule has 28 heavy (non-hydrogen) atoms. The summed E-state index contributed by atoms with van der Waals surface area (Å²) in [4.78, 5) is 34.8. The Morgan fingerprint density at radius 2 is 1.71 bits per heavy atom. The fourth-order valence-electron chi connectivity index (χ4n) is 2.73. The lowest BCUT2D eigenvalue weighted by molar-refractivity contribution is -0.139. The van der Waals surface area contributed by atoms with Crippen LogP contribution in [0.25, 0.3) is 0 Å². The van der Waals surface area contributed by atoms with E-state index in [0.717, 1.165) is 16.7 Å². The van der Waals surface area contributed by atoms with E-state index in [1.165, 1.54) is 0 Å². The molecule has 2 N–H and O–H groups in total. The van der Waals surface area contributed by atoms with Gasteiger partial charge >= 0.3 is 5.97 Å². The summed E-state index contributed by atoms with van der Waals surface area (Å²) in [6.07, 6.45) is 0.982. The van der Waals surface area contributed by atoms with Gasteiger partial charge in [0.25, 0.3) is 0 Å². The molecule has 0 aliphatic carbocycles. The van der Waals surface area contributed by atoms with Gasteiger partial charge in [0.1, 0.15) is 5.75 Å². The molecule has 0 aliphatic heterocycles. The Morgan fingerprint density at radius 1 is 1.00 bits per heavy atom. The van der Waals surface area contributed by atoms with Gasteiger partial charge in [0.15, 0.2) is 12.4 Å². The highest BCUT2D eigenvalue weighted by atomic mass is 16.5. The molecule has 2 aromatic rings. The summed E-state index contributed by atoms with van der Waals surface area (Å²) in [5.74, 6) is -0.712. The third-order valence-corrected chi connectivity index (χ3v) is 4.29. The quantitative estimate of drug-likeness (QED) is 0.615. The Labute approximate surface area is 164 Å². The third-order valence-electron chi connectivity index (χ3n) is 4.29. The number of hydrogen-bond acceptors (Lipinski definition) is 4. The maximum Gasteiger partial charge on any atom is 0.341 e. The van der Waals surface area contributed by atoms with Gasteiger partial charge in [0.05, 0.1) is 0 Å². The van der Waals surface area contributed by atoms with Crippen molar-refractivity contribution in [2.24, 2.45) is 0 Å². The average Bonchev–Trinajstić information content (AvgIpc) is 2.67. The number of Topliss-reactive ketones (excluding diaryl/α,β-unsaturated/α-hetero) is 1. The van der Waals surface area contributed by atoms with E-state index in [-0.39, 0.29) is 31.1 Å². The number of carboxylic acid groups (broad SMARTS) is 1. The third kappa shape index (κ3) is 6.87. The summed E-state index contributed by atoms with van der Waals surface area (Å²) in [7, 11) is 0. The first kappa shape index (κ1) is 21.2. The van der Waals surface area contributed by atoms with Crippen molar-refractivity contribution < 1.29 is 24.2 Å². The van der Waals surface area contributed by atoms with E-state index in [1.807, 2.05) is 44.2 Å². The zero-order valence-corrected chi connectivity index (χ0v) is 16.2. The number of carbonyl (C=O) groups excluding carboxylic acids is 2. The Morgan fingerprint density at radius 3 is 2.39 bits per heavy atom. The van der Waals surface area contributed by atoms with E-state index >= 15 is 0 Å². The molecule has 0 heterocycles. The van der Waals surface area contributed by atoms with Crippen molar-refractivity contribution in [2.75, 3.05) is 13.2 Å². The number of amides is 1. The van der Waals surface area contributed by atoms with Gasteiger partial charge in [-0.2, -0.15) is 0 Å². The summed E-state index contributed by atoms with van der Waals surface area (Å²) in [6, 6.07) is 12.8. The van der Waals surface area contributed by atoms with E-state index in [1.54, 1.807) is 12.1 Å². The van der Waals surface area contributed by atoms with E-state index in [4.69, 9.17) is 9.84 Å². The first-order valence-corrected chi connectivity index (χ1v) is 9.16. The van der Waals surface area contributed by atoms with Crippen LogP contribution < -0.4 is 10.1 Å². The van der Waals surface area contributed by atoms with Crippen LogP contribution in [0.5, 0.6) is 5.75 Å². The number of carbonyl (C=O) groups is 3. The van der Waals surface area contributed by atoms with Gasteiger partial charge in [-0.15, -0.1) is 0 Å². The summed E-state index contributed by atoms with van der Waals surface area (Å²) in [5, 5.41) is 11.4.